The van der Waals surface area contributed by atoms with Crippen LogP contribution in [-0.2, 0) is 6.42 Å². The Balaban J connectivity index is 3.40. The maximum atomic E-state index is 13.1. The fraction of sp³-hybridized carbons (Fsp3) is 0.250. The number of hydrogen-bond acceptors (Lipinski definition) is 4. The van der Waals surface area contributed by atoms with Gasteiger partial charge in [-0.25, -0.2) is 13.8 Å². The average molecular weight is 231 g/mol. The lowest BCUT2D eigenvalue weighted by atomic mass is 10.2. The average Bonchev–Trinajstić information content (AvgIpc) is 2.19. The number of nitriles is 1. The second kappa shape index (κ2) is 4.57. The highest BCUT2D eigenvalue weighted by Gasteiger charge is 2.26. The molecule has 1 heterocycles. The third-order valence-electron chi connectivity index (χ3n) is 1.68. The molecule has 0 saturated carbocycles. The summed E-state index contributed by atoms with van der Waals surface area (Å²) in [5.74, 6) is -1.67. The first-order chi connectivity index (χ1) is 7.47. The lowest BCUT2D eigenvalue weighted by molar-refractivity contribution is -0.387. The third-order valence-corrected chi connectivity index (χ3v) is 1.68. The predicted octanol–water partition coefficient (Wildman–Crippen LogP) is 2.13. The minimum absolute atomic E-state index is 0.258. The zero-order valence-corrected chi connectivity index (χ0v) is 7.65. The van der Waals surface area contributed by atoms with Crippen molar-refractivity contribution in [2.24, 2.45) is 0 Å². The van der Waals surface area contributed by atoms with Crippen LogP contribution in [0.5, 0.6) is 0 Å². The van der Waals surface area contributed by atoms with E-state index in [1.165, 1.54) is 0 Å². The molecule has 0 N–H and O–H groups in total. The van der Waals surface area contributed by atoms with E-state index < -0.39 is 35.0 Å². The lowest BCUT2D eigenvalue weighted by Gasteiger charge is -2.03. The molecule has 0 aliphatic heterocycles. The van der Waals surface area contributed by atoms with E-state index >= 15 is 0 Å². The van der Waals surface area contributed by atoms with Crippen LogP contribution in [-0.4, -0.2) is 9.91 Å². The molecule has 1 rings (SSSR count). The monoisotopic (exact) mass is 231 g/mol. The second-order valence-corrected chi connectivity index (χ2v) is 2.72. The van der Waals surface area contributed by atoms with Crippen LogP contribution in [0.1, 0.15) is 17.8 Å². The Kier molecular flexibility index (Phi) is 3.40. The van der Waals surface area contributed by atoms with Gasteiger partial charge in [-0.05, 0) is 0 Å². The normalized spacial score (nSPS) is 10.2. The number of hydrogen-bond donors (Lipinski definition) is 0. The summed E-state index contributed by atoms with van der Waals surface area (Å²) in [5.41, 5.74) is -2.67. The number of rotatable bonds is 3. The summed E-state index contributed by atoms with van der Waals surface area (Å²) in [6, 6.07) is 2.25. The van der Waals surface area contributed by atoms with Crippen molar-refractivity contribution < 1.29 is 18.1 Å². The molecule has 0 aromatic carbocycles. The fourth-order valence-electron chi connectivity index (χ4n) is 1.04. The van der Waals surface area contributed by atoms with E-state index in [2.05, 4.69) is 4.98 Å². The molecule has 0 aliphatic rings. The van der Waals surface area contributed by atoms with Gasteiger partial charge in [-0.1, -0.05) is 0 Å². The maximum Gasteiger partial charge on any atom is 0.308 e. The van der Waals surface area contributed by atoms with Gasteiger partial charge in [-0.2, -0.15) is 9.65 Å². The van der Waals surface area contributed by atoms with Crippen molar-refractivity contribution in [3.63, 3.8) is 0 Å². The summed E-state index contributed by atoms with van der Waals surface area (Å²) in [6.07, 6.45) is -3.67. The molecule has 16 heavy (non-hydrogen) atoms. The molecule has 0 aliphatic carbocycles. The summed E-state index contributed by atoms with van der Waals surface area (Å²) in [4.78, 5) is 12.4. The summed E-state index contributed by atoms with van der Waals surface area (Å²) >= 11 is 0. The van der Waals surface area contributed by atoms with Crippen LogP contribution in [0, 0.1) is 27.3 Å². The first-order valence-electron chi connectivity index (χ1n) is 3.96. The van der Waals surface area contributed by atoms with Crippen LogP contribution < -0.4 is 0 Å². The van der Waals surface area contributed by atoms with Crippen LogP contribution in [0.4, 0.5) is 18.9 Å². The van der Waals surface area contributed by atoms with Crippen molar-refractivity contribution in [3.8, 4) is 6.07 Å². The van der Waals surface area contributed by atoms with Gasteiger partial charge in [-0.15, -0.1) is 0 Å². The molecule has 8 heteroatoms. The highest BCUT2D eigenvalue weighted by Crippen LogP contribution is 2.27. The van der Waals surface area contributed by atoms with Crippen LogP contribution >= 0.6 is 0 Å². The molecule has 0 spiro atoms. The van der Waals surface area contributed by atoms with E-state index in [0.29, 0.717) is 6.07 Å². The summed E-state index contributed by atoms with van der Waals surface area (Å²) < 4.78 is 37.7. The van der Waals surface area contributed by atoms with Gasteiger partial charge < -0.3 is 0 Å². The molecule has 0 radical (unpaired) electrons. The van der Waals surface area contributed by atoms with Gasteiger partial charge in [0.15, 0.2) is 0 Å². The Labute approximate surface area is 87.3 Å². The van der Waals surface area contributed by atoms with Crippen molar-refractivity contribution in [1.29, 1.82) is 5.26 Å². The van der Waals surface area contributed by atoms with E-state index in [0.717, 1.165) is 0 Å². The highest BCUT2D eigenvalue weighted by molar-refractivity contribution is 5.37. The number of aromatic nitrogens is 1. The van der Waals surface area contributed by atoms with Gasteiger partial charge in [0.2, 0.25) is 5.82 Å². The molecular formula is C8H4F3N3O2. The minimum Gasteiger partial charge on any atom is -0.258 e. The van der Waals surface area contributed by atoms with E-state index in [1.54, 1.807) is 6.07 Å². The summed E-state index contributed by atoms with van der Waals surface area (Å²) in [7, 11) is 0. The molecule has 1 aromatic heterocycles. The number of halogens is 3. The van der Waals surface area contributed by atoms with E-state index in [4.69, 9.17) is 5.26 Å². The standard InChI is InChI=1S/C8H4F3N3O2/c9-6-5(14(15)16)3-4(1-2-12)13-7(6)8(10)11/h3,8H,1H2. The Morgan fingerprint density at radius 2 is 2.25 bits per heavy atom. The van der Waals surface area contributed by atoms with E-state index in [-0.39, 0.29) is 5.69 Å². The highest BCUT2D eigenvalue weighted by atomic mass is 19.3. The predicted molar refractivity (Wildman–Crippen MR) is 45.1 cm³/mol. The first-order valence-corrected chi connectivity index (χ1v) is 3.96. The SMILES string of the molecule is N#CCc1cc([N+](=O)[O-])c(F)c(C(F)F)n1. The molecule has 5 nitrogen and oxygen atoms in total. The van der Waals surface area contributed by atoms with Crippen molar-refractivity contribution in [2.75, 3.05) is 0 Å². The van der Waals surface area contributed by atoms with Gasteiger partial charge in [-0.3, -0.25) is 10.1 Å². The Bertz CT molecular complexity index is 470. The minimum atomic E-state index is -3.27. The van der Waals surface area contributed by atoms with Gasteiger partial charge in [0.1, 0.15) is 5.69 Å². The number of alkyl halides is 2. The molecule has 0 bridgehead atoms. The van der Waals surface area contributed by atoms with Gasteiger partial charge >= 0.3 is 5.69 Å². The molecule has 0 amide bonds. The largest absolute Gasteiger partial charge is 0.308 e. The first kappa shape index (κ1) is 11.9. The van der Waals surface area contributed by atoms with E-state index in [1.807, 2.05) is 0 Å². The van der Waals surface area contributed by atoms with Gasteiger partial charge in [0, 0.05) is 6.07 Å². The number of nitro groups is 1. The zero-order chi connectivity index (χ0) is 12.3. The van der Waals surface area contributed by atoms with Crippen molar-refractivity contribution in [1.82, 2.24) is 4.98 Å². The lowest BCUT2D eigenvalue weighted by Crippen LogP contribution is -2.04. The number of nitrogens with zero attached hydrogens (tertiary/aromatic N) is 3. The van der Waals surface area contributed by atoms with Gasteiger partial charge in [0.05, 0.1) is 23.1 Å². The molecule has 0 unspecified atom stereocenters. The Hall–Kier alpha value is -2.17. The molecule has 84 valence electrons. The molecule has 0 fully saturated rings. The quantitative estimate of drug-likeness (QED) is 0.589. The van der Waals surface area contributed by atoms with Crippen LogP contribution in [0.25, 0.3) is 0 Å². The Morgan fingerprint density at radius 1 is 1.62 bits per heavy atom. The molecule has 0 atom stereocenters. The van der Waals surface area contributed by atoms with Crippen LogP contribution in [0.2, 0.25) is 0 Å². The van der Waals surface area contributed by atoms with Crippen molar-refractivity contribution >= 4 is 5.69 Å². The van der Waals surface area contributed by atoms with Crippen molar-refractivity contribution in [2.45, 2.75) is 12.8 Å². The fourth-order valence-corrected chi connectivity index (χ4v) is 1.04. The Morgan fingerprint density at radius 3 is 2.69 bits per heavy atom. The number of pyridine rings is 1. The van der Waals surface area contributed by atoms with Crippen LogP contribution in [0.3, 0.4) is 0 Å². The van der Waals surface area contributed by atoms with Crippen molar-refractivity contribution in [3.05, 3.63) is 33.4 Å². The van der Waals surface area contributed by atoms with Gasteiger partial charge in [0.25, 0.3) is 6.43 Å². The summed E-state index contributed by atoms with van der Waals surface area (Å²) in [5, 5.41) is 18.7. The van der Waals surface area contributed by atoms with Crippen LogP contribution in [0.15, 0.2) is 6.07 Å². The topological polar surface area (TPSA) is 79.8 Å². The second-order valence-electron chi connectivity index (χ2n) is 2.72. The summed E-state index contributed by atoms with van der Waals surface area (Å²) in [6.45, 7) is 0. The zero-order valence-electron chi connectivity index (χ0n) is 7.65. The maximum absolute atomic E-state index is 13.1. The smallest absolute Gasteiger partial charge is 0.258 e. The molecule has 0 saturated heterocycles. The third kappa shape index (κ3) is 2.25. The van der Waals surface area contributed by atoms with E-state index in [9.17, 15) is 23.3 Å². The molecule has 1 aromatic rings. The molecular weight excluding hydrogens is 227 g/mol.